The van der Waals surface area contributed by atoms with Gasteiger partial charge in [-0.15, -0.1) is 0 Å². The summed E-state index contributed by atoms with van der Waals surface area (Å²) in [6.45, 7) is 0.799. The van der Waals surface area contributed by atoms with Gasteiger partial charge in [0, 0.05) is 24.0 Å². The number of ether oxygens (including phenoxy) is 1. The van der Waals surface area contributed by atoms with E-state index in [1.54, 1.807) is 16.9 Å². The molecule has 0 atom stereocenters. The highest BCUT2D eigenvalue weighted by Gasteiger charge is 2.17. The van der Waals surface area contributed by atoms with Crippen molar-refractivity contribution in [3.05, 3.63) is 77.8 Å². The molecule has 0 saturated heterocycles. The van der Waals surface area contributed by atoms with Gasteiger partial charge in [-0.25, -0.2) is 0 Å². The van der Waals surface area contributed by atoms with Crippen LogP contribution in [0.4, 0.5) is 5.82 Å². The van der Waals surface area contributed by atoms with Crippen molar-refractivity contribution in [3.8, 4) is 5.75 Å². The van der Waals surface area contributed by atoms with Gasteiger partial charge in [-0.2, -0.15) is 5.10 Å². The Morgan fingerprint density at radius 1 is 1.16 bits per heavy atom. The van der Waals surface area contributed by atoms with E-state index in [2.05, 4.69) is 15.4 Å². The topological polar surface area (TPSA) is 69.0 Å². The molecule has 0 saturated carbocycles. The molecule has 3 aromatic rings. The summed E-state index contributed by atoms with van der Waals surface area (Å²) in [6.07, 6.45) is 5.40. The molecule has 1 aliphatic heterocycles. The molecule has 124 valence electrons. The number of carbonyl (C=O) groups excluding carboxylic acids is 1. The number of carbonyl (C=O) groups is 1. The minimum Gasteiger partial charge on any atom is -0.488 e. The molecule has 0 aliphatic carbocycles. The van der Waals surface area contributed by atoms with Gasteiger partial charge in [0.05, 0.1) is 17.8 Å². The molecule has 6 nitrogen and oxygen atoms in total. The third-order valence-corrected chi connectivity index (χ3v) is 3.86. The van der Waals surface area contributed by atoms with Crippen molar-refractivity contribution in [3.63, 3.8) is 0 Å². The predicted octanol–water partition coefficient (Wildman–Crippen LogP) is 2.74. The van der Waals surface area contributed by atoms with Crippen molar-refractivity contribution in [2.75, 3.05) is 11.9 Å². The lowest BCUT2D eigenvalue weighted by Crippen LogP contribution is -2.21. The first-order valence-corrected chi connectivity index (χ1v) is 7.95. The molecule has 25 heavy (non-hydrogen) atoms. The summed E-state index contributed by atoms with van der Waals surface area (Å²) in [5.41, 5.74) is 2.38. The normalized spacial score (nSPS) is 12.7. The summed E-state index contributed by atoms with van der Waals surface area (Å²) in [4.78, 5) is 16.7. The number of amides is 1. The SMILES string of the molecule is O=C(Nc1ccn(Cc2ccccn2)n1)C1=Cc2ccccc2OC1. The van der Waals surface area contributed by atoms with E-state index in [9.17, 15) is 4.79 Å². The first-order chi connectivity index (χ1) is 12.3. The maximum atomic E-state index is 12.4. The van der Waals surface area contributed by atoms with E-state index in [1.165, 1.54) is 0 Å². The van der Waals surface area contributed by atoms with Crippen LogP contribution in [0.3, 0.4) is 0 Å². The minimum atomic E-state index is -0.211. The number of hydrogen-bond donors (Lipinski definition) is 1. The van der Waals surface area contributed by atoms with Gasteiger partial charge in [0.15, 0.2) is 5.82 Å². The van der Waals surface area contributed by atoms with Crippen LogP contribution in [0.25, 0.3) is 6.08 Å². The molecule has 4 rings (SSSR count). The molecular weight excluding hydrogens is 316 g/mol. The summed E-state index contributed by atoms with van der Waals surface area (Å²) in [5.74, 6) is 1.08. The first-order valence-electron chi connectivity index (χ1n) is 7.95. The van der Waals surface area contributed by atoms with Gasteiger partial charge < -0.3 is 10.1 Å². The van der Waals surface area contributed by atoms with Gasteiger partial charge in [-0.05, 0) is 24.3 Å². The predicted molar refractivity (Wildman–Crippen MR) is 94.1 cm³/mol. The maximum absolute atomic E-state index is 12.4. The van der Waals surface area contributed by atoms with Crippen LogP contribution in [0, 0.1) is 0 Å². The Morgan fingerprint density at radius 2 is 2.04 bits per heavy atom. The van der Waals surface area contributed by atoms with E-state index < -0.39 is 0 Å². The summed E-state index contributed by atoms with van der Waals surface area (Å²) in [7, 11) is 0. The lowest BCUT2D eigenvalue weighted by Gasteiger charge is -2.16. The molecule has 0 spiro atoms. The quantitative estimate of drug-likeness (QED) is 0.797. The number of benzene rings is 1. The van der Waals surface area contributed by atoms with Gasteiger partial charge in [-0.1, -0.05) is 24.3 Å². The zero-order valence-electron chi connectivity index (χ0n) is 13.4. The maximum Gasteiger partial charge on any atom is 0.256 e. The van der Waals surface area contributed by atoms with Crippen molar-refractivity contribution in [2.45, 2.75) is 6.54 Å². The molecule has 0 fully saturated rings. The number of rotatable bonds is 4. The second kappa shape index (κ2) is 6.60. The van der Waals surface area contributed by atoms with Crippen LogP contribution >= 0.6 is 0 Å². The highest BCUT2D eigenvalue weighted by molar-refractivity contribution is 6.07. The molecule has 1 N–H and O–H groups in total. The zero-order chi connectivity index (χ0) is 17.1. The Morgan fingerprint density at radius 3 is 2.92 bits per heavy atom. The number of hydrogen-bond acceptors (Lipinski definition) is 4. The average Bonchev–Trinajstić information content (AvgIpc) is 3.09. The molecule has 1 amide bonds. The van der Waals surface area contributed by atoms with Crippen LogP contribution in [0.15, 0.2) is 66.5 Å². The molecular formula is C19H16N4O2. The molecule has 6 heteroatoms. The van der Waals surface area contributed by atoms with Crippen molar-refractivity contribution in [1.29, 1.82) is 0 Å². The standard InChI is InChI=1S/C19H16N4O2/c24-19(15-11-14-5-1-2-7-17(14)25-13-15)21-18-8-10-23(22-18)12-16-6-3-4-9-20-16/h1-11H,12-13H2,(H,21,22,24). The fraction of sp³-hybridized carbons (Fsp3) is 0.105. The third kappa shape index (κ3) is 3.42. The van der Waals surface area contributed by atoms with Gasteiger partial charge >= 0.3 is 0 Å². The molecule has 0 radical (unpaired) electrons. The number of pyridine rings is 1. The Balaban J connectivity index is 1.44. The van der Waals surface area contributed by atoms with E-state index in [4.69, 9.17) is 4.74 Å². The summed E-state index contributed by atoms with van der Waals surface area (Å²) < 4.78 is 7.35. The van der Waals surface area contributed by atoms with Crippen molar-refractivity contribution >= 4 is 17.8 Å². The Labute approximate surface area is 144 Å². The number of nitrogens with zero attached hydrogens (tertiary/aromatic N) is 3. The monoisotopic (exact) mass is 332 g/mol. The highest BCUT2D eigenvalue weighted by atomic mass is 16.5. The first kappa shape index (κ1) is 15.1. The van der Waals surface area contributed by atoms with Crippen LogP contribution < -0.4 is 10.1 Å². The summed E-state index contributed by atoms with van der Waals surface area (Å²) in [6, 6.07) is 15.1. The average molecular weight is 332 g/mol. The minimum absolute atomic E-state index is 0.211. The van der Waals surface area contributed by atoms with E-state index in [-0.39, 0.29) is 12.5 Å². The second-order valence-electron chi connectivity index (χ2n) is 5.67. The van der Waals surface area contributed by atoms with Crippen molar-refractivity contribution < 1.29 is 9.53 Å². The van der Waals surface area contributed by atoms with Crippen molar-refractivity contribution in [1.82, 2.24) is 14.8 Å². The van der Waals surface area contributed by atoms with Crippen LogP contribution in [0.5, 0.6) is 5.75 Å². The van der Waals surface area contributed by atoms with Crippen LogP contribution in [0.2, 0.25) is 0 Å². The van der Waals surface area contributed by atoms with E-state index >= 15 is 0 Å². The molecule has 1 aromatic carbocycles. The number of fused-ring (bicyclic) bond motifs is 1. The highest BCUT2D eigenvalue weighted by Crippen LogP contribution is 2.26. The molecule has 3 heterocycles. The number of nitrogens with one attached hydrogen (secondary N) is 1. The fourth-order valence-corrected chi connectivity index (χ4v) is 2.62. The van der Waals surface area contributed by atoms with E-state index in [1.807, 2.05) is 54.7 Å². The molecule has 0 unspecified atom stereocenters. The lowest BCUT2D eigenvalue weighted by atomic mass is 10.1. The summed E-state index contributed by atoms with van der Waals surface area (Å²) >= 11 is 0. The summed E-state index contributed by atoms with van der Waals surface area (Å²) in [5, 5.41) is 7.17. The fourth-order valence-electron chi connectivity index (χ4n) is 2.62. The van der Waals surface area contributed by atoms with Crippen LogP contribution in [-0.2, 0) is 11.3 Å². The number of para-hydroxylation sites is 1. The second-order valence-corrected chi connectivity index (χ2v) is 5.67. The Bertz CT molecular complexity index is 931. The number of aromatic nitrogens is 3. The van der Waals surface area contributed by atoms with Gasteiger partial charge in [-0.3, -0.25) is 14.5 Å². The van der Waals surface area contributed by atoms with Gasteiger partial charge in [0.2, 0.25) is 0 Å². The molecule has 1 aliphatic rings. The van der Waals surface area contributed by atoms with Crippen LogP contribution in [0.1, 0.15) is 11.3 Å². The van der Waals surface area contributed by atoms with Crippen molar-refractivity contribution in [2.24, 2.45) is 0 Å². The Kier molecular flexibility index (Phi) is 4.00. The largest absolute Gasteiger partial charge is 0.488 e. The van der Waals surface area contributed by atoms with E-state index in [0.29, 0.717) is 17.9 Å². The molecule has 0 bridgehead atoms. The number of anilines is 1. The van der Waals surface area contributed by atoms with Gasteiger partial charge in [0.25, 0.3) is 5.91 Å². The lowest BCUT2D eigenvalue weighted by molar-refractivity contribution is -0.113. The van der Waals surface area contributed by atoms with Crippen LogP contribution in [-0.4, -0.2) is 27.3 Å². The third-order valence-electron chi connectivity index (χ3n) is 3.86. The van der Waals surface area contributed by atoms with Gasteiger partial charge in [0.1, 0.15) is 12.4 Å². The Hall–Kier alpha value is -3.41. The molecule has 2 aromatic heterocycles. The zero-order valence-corrected chi connectivity index (χ0v) is 13.4. The van der Waals surface area contributed by atoms with E-state index in [0.717, 1.165) is 17.0 Å². The smallest absolute Gasteiger partial charge is 0.256 e.